The highest BCUT2D eigenvalue weighted by atomic mass is 32.2. The first-order chi connectivity index (χ1) is 12.8. The minimum atomic E-state index is -0.840. The number of halogens is 1. The number of rotatable bonds is 4. The molecule has 9 heteroatoms. The second kappa shape index (κ2) is 8.18. The van der Waals surface area contributed by atoms with E-state index in [1.165, 1.54) is 11.8 Å². The van der Waals surface area contributed by atoms with E-state index in [0.29, 0.717) is 23.5 Å². The maximum absolute atomic E-state index is 13.6. The molecule has 0 amide bonds. The zero-order chi connectivity index (χ0) is 19.7. The van der Waals surface area contributed by atoms with Gasteiger partial charge in [-0.3, -0.25) is 4.57 Å². The summed E-state index contributed by atoms with van der Waals surface area (Å²) in [6, 6.07) is 0. The van der Waals surface area contributed by atoms with Gasteiger partial charge in [0, 0.05) is 5.75 Å². The number of aromatic nitrogens is 2. The van der Waals surface area contributed by atoms with E-state index in [4.69, 9.17) is 15.2 Å². The molecule has 0 unspecified atom stereocenters. The molecule has 27 heavy (non-hydrogen) atoms. The Morgan fingerprint density at radius 2 is 2.22 bits per heavy atom. The molecule has 1 saturated heterocycles. The maximum Gasteiger partial charge on any atom is 0.351 e. The van der Waals surface area contributed by atoms with Crippen LogP contribution in [0.1, 0.15) is 46.3 Å². The van der Waals surface area contributed by atoms with E-state index in [1.807, 2.05) is 0 Å². The van der Waals surface area contributed by atoms with Crippen molar-refractivity contribution in [2.45, 2.75) is 57.8 Å². The first kappa shape index (κ1) is 20.1. The van der Waals surface area contributed by atoms with Crippen molar-refractivity contribution in [2.75, 3.05) is 11.5 Å². The van der Waals surface area contributed by atoms with Crippen molar-refractivity contribution in [3.8, 4) is 0 Å². The number of hydrogen-bond acceptors (Lipinski definition) is 7. The van der Waals surface area contributed by atoms with Gasteiger partial charge in [0.25, 0.3) is 0 Å². The number of carbonyl (C=O) groups is 1. The zero-order valence-corrected chi connectivity index (χ0v) is 16.6. The van der Waals surface area contributed by atoms with Crippen LogP contribution in [0.3, 0.4) is 0 Å². The Labute approximate surface area is 161 Å². The van der Waals surface area contributed by atoms with E-state index in [1.54, 1.807) is 0 Å². The summed E-state index contributed by atoms with van der Waals surface area (Å²) in [4.78, 5) is 28.0. The molecule has 2 fully saturated rings. The van der Waals surface area contributed by atoms with Crippen molar-refractivity contribution < 1.29 is 18.7 Å². The minimum Gasteiger partial charge on any atom is -0.459 e. The molecule has 1 saturated carbocycles. The summed E-state index contributed by atoms with van der Waals surface area (Å²) in [7, 11) is 0. The highest BCUT2D eigenvalue weighted by molar-refractivity contribution is 8.00. The fourth-order valence-corrected chi connectivity index (χ4v) is 4.76. The first-order valence-electron chi connectivity index (χ1n) is 9.28. The van der Waals surface area contributed by atoms with E-state index in [0.717, 1.165) is 30.0 Å². The van der Waals surface area contributed by atoms with E-state index in [-0.39, 0.29) is 6.10 Å². The number of nitrogens with zero attached hydrogens (tertiary/aromatic N) is 2. The molecule has 0 bridgehead atoms. The lowest BCUT2D eigenvalue weighted by atomic mass is 9.75. The average molecular weight is 399 g/mol. The zero-order valence-electron chi connectivity index (χ0n) is 15.8. The number of carbonyl (C=O) groups excluding carboxylic acids is 1. The fourth-order valence-electron chi connectivity index (χ4n) is 3.78. The summed E-state index contributed by atoms with van der Waals surface area (Å²) in [6.07, 6.45) is 3.09. The summed E-state index contributed by atoms with van der Waals surface area (Å²) >= 11 is 1.23. The lowest BCUT2D eigenvalue weighted by Gasteiger charge is -2.37. The monoisotopic (exact) mass is 399 g/mol. The summed E-state index contributed by atoms with van der Waals surface area (Å²) in [5, 5.41) is 0. The Bertz CT molecular complexity index is 757. The van der Waals surface area contributed by atoms with Gasteiger partial charge < -0.3 is 15.2 Å². The highest BCUT2D eigenvalue weighted by Crippen LogP contribution is 2.37. The van der Waals surface area contributed by atoms with E-state index in [9.17, 15) is 14.0 Å². The third-order valence-electron chi connectivity index (χ3n) is 5.34. The molecule has 0 spiro atoms. The van der Waals surface area contributed by atoms with Gasteiger partial charge in [-0.1, -0.05) is 27.2 Å². The van der Waals surface area contributed by atoms with Crippen LogP contribution in [0.25, 0.3) is 0 Å². The molecule has 5 atom stereocenters. The number of nitrogens with two attached hydrogens (primary N) is 1. The number of hydrogen-bond donors (Lipinski definition) is 1. The quantitative estimate of drug-likeness (QED) is 0.777. The molecule has 2 heterocycles. The van der Waals surface area contributed by atoms with Crippen molar-refractivity contribution in [1.29, 1.82) is 0 Å². The summed E-state index contributed by atoms with van der Waals surface area (Å²) < 4.78 is 26.1. The van der Waals surface area contributed by atoms with Crippen LogP contribution in [0.5, 0.6) is 0 Å². The van der Waals surface area contributed by atoms with Gasteiger partial charge in [-0.05, 0) is 30.6 Å². The molecule has 0 radical (unpaired) electrons. The van der Waals surface area contributed by atoms with Crippen molar-refractivity contribution in [2.24, 2.45) is 17.8 Å². The average Bonchev–Trinajstić information content (AvgIpc) is 3.08. The number of anilines is 1. The van der Waals surface area contributed by atoms with Crippen molar-refractivity contribution >= 4 is 23.5 Å². The lowest BCUT2D eigenvalue weighted by Crippen LogP contribution is -2.38. The summed E-state index contributed by atoms with van der Waals surface area (Å²) in [5.74, 6) is -0.0872. The predicted molar refractivity (Wildman–Crippen MR) is 100 cm³/mol. The number of ether oxygens (including phenoxy) is 2. The van der Waals surface area contributed by atoms with Crippen LogP contribution in [0.4, 0.5) is 10.2 Å². The van der Waals surface area contributed by atoms with Gasteiger partial charge in [-0.15, -0.1) is 11.8 Å². The van der Waals surface area contributed by atoms with Crippen molar-refractivity contribution in [3.63, 3.8) is 0 Å². The van der Waals surface area contributed by atoms with Gasteiger partial charge in [-0.2, -0.15) is 4.98 Å². The largest absolute Gasteiger partial charge is 0.459 e. The summed E-state index contributed by atoms with van der Waals surface area (Å²) in [6.45, 7) is 6.46. The first-order valence-corrected chi connectivity index (χ1v) is 10.3. The molecular formula is C18H26FN3O4S. The second-order valence-corrected chi connectivity index (χ2v) is 8.82. The Kier molecular flexibility index (Phi) is 6.10. The number of esters is 1. The molecule has 1 aromatic heterocycles. The number of thioether (sulfide) groups is 1. The third-order valence-corrected chi connectivity index (χ3v) is 6.42. The van der Waals surface area contributed by atoms with Gasteiger partial charge >= 0.3 is 11.7 Å². The predicted octanol–water partition coefficient (Wildman–Crippen LogP) is 2.56. The van der Waals surface area contributed by atoms with Gasteiger partial charge in [0.15, 0.2) is 11.6 Å². The minimum absolute atomic E-state index is 0.122. The summed E-state index contributed by atoms with van der Waals surface area (Å²) in [5.41, 5.74) is 3.74. The molecule has 0 aromatic carbocycles. The maximum atomic E-state index is 13.6. The lowest BCUT2D eigenvalue weighted by molar-refractivity contribution is -0.166. The molecular weight excluding hydrogens is 373 g/mol. The Balaban J connectivity index is 1.65. The van der Waals surface area contributed by atoms with Crippen LogP contribution in [0, 0.1) is 23.6 Å². The van der Waals surface area contributed by atoms with Crippen LogP contribution in [0.2, 0.25) is 0 Å². The van der Waals surface area contributed by atoms with E-state index in [2.05, 4.69) is 25.8 Å². The van der Waals surface area contributed by atoms with Crippen LogP contribution in [0.15, 0.2) is 11.0 Å². The van der Waals surface area contributed by atoms with Gasteiger partial charge in [0.05, 0.1) is 6.20 Å². The van der Waals surface area contributed by atoms with E-state index >= 15 is 0 Å². The molecule has 3 rings (SSSR count). The van der Waals surface area contributed by atoms with Gasteiger partial charge in [0.1, 0.15) is 12.3 Å². The molecule has 2 N–H and O–H groups in total. The second-order valence-electron chi connectivity index (χ2n) is 7.72. The van der Waals surface area contributed by atoms with Gasteiger partial charge in [0.2, 0.25) is 5.44 Å². The SMILES string of the molecule is CC(C)[C@H]1CC[C@H](C)C[C@H]1OC(=O)[C@@H]1O[C@H](n2cc(F)c(N)nc2=O)CS1. The Hall–Kier alpha value is -1.61. The van der Waals surface area contributed by atoms with Crippen LogP contribution < -0.4 is 11.4 Å². The molecule has 7 nitrogen and oxygen atoms in total. The molecule has 150 valence electrons. The van der Waals surface area contributed by atoms with Crippen molar-refractivity contribution in [1.82, 2.24) is 9.55 Å². The molecule has 2 aliphatic rings. The Morgan fingerprint density at radius 3 is 2.93 bits per heavy atom. The Morgan fingerprint density at radius 1 is 1.48 bits per heavy atom. The smallest absolute Gasteiger partial charge is 0.351 e. The fraction of sp³-hybridized carbons (Fsp3) is 0.722. The van der Waals surface area contributed by atoms with Crippen LogP contribution in [-0.4, -0.2) is 32.8 Å². The highest BCUT2D eigenvalue weighted by Gasteiger charge is 2.39. The normalized spacial score (nSPS) is 31.2. The van der Waals surface area contributed by atoms with E-state index < -0.39 is 35.0 Å². The number of nitrogen functional groups attached to an aromatic ring is 1. The standard InChI is InChI=1S/C18H26FN3O4S/c1-9(2)11-5-4-10(3)6-13(11)25-16(23)17-26-14(8-27-17)22-7-12(19)15(20)21-18(22)24/h7,9-11,13-14,17H,4-6,8H2,1-3H3,(H2,20,21,24)/t10-,11+,13+,14-,17+/m0/s1. The topological polar surface area (TPSA) is 96.4 Å². The third kappa shape index (κ3) is 4.45. The molecule has 1 aliphatic heterocycles. The van der Waals surface area contributed by atoms with Gasteiger partial charge in [-0.25, -0.2) is 14.0 Å². The molecule has 1 aliphatic carbocycles. The van der Waals surface area contributed by atoms with Crippen LogP contribution >= 0.6 is 11.8 Å². The molecule has 1 aromatic rings. The van der Waals surface area contributed by atoms with Crippen LogP contribution in [-0.2, 0) is 14.3 Å². The van der Waals surface area contributed by atoms with Crippen molar-refractivity contribution in [3.05, 3.63) is 22.5 Å².